The number of hydrogen-bond donors (Lipinski definition) is 2. The quantitative estimate of drug-likeness (QED) is 0.842. The third-order valence-corrected chi connectivity index (χ3v) is 5.91. The molecule has 6 nitrogen and oxygen atoms in total. The first-order chi connectivity index (χ1) is 9.18. The zero-order chi connectivity index (χ0) is 15.7. The number of aromatic carboxylic acids is 1. The van der Waals surface area contributed by atoms with Gasteiger partial charge >= 0.3 is 5.97 Å². The van der Waals surface area contributed by atoms with Crippen LogP contribution >= 0.6 is 0 Å². The lowest BCUT2D eigenvalue weighted by atomic mass is 10.2. The Balaban J connectivity index is 3.46. The second-order valence-corrected chi connectivity index (χ2v) is 6.68. The van der Waals surface area contributed by atoms with Crippen molar-refractivity contribution in [2.75, 3.05) is 6.54 Å². The molecule has 1 rings (SSSR count). The van der Waals surface area contributed by atoms with Gasteiger partial charge in [0.25, 0.3) is 0 Å². The van der Waals surface area contributed by atoms with Gasteiger partial charge in [-0.15, -0.1) is 0 Å². The monoisotopic (exact) mass is 302 g/mol. The summed E-state index contributed by atoms with van der Waals surface area (Å²) in [4.78, 5) is 13.8. The Labute approximate surface area is 119 Å². The maximum Gasteiger partial charge on any atom is 0.352 e. The molecule has 0 amide bonds. The van der Waals surface area contributed by atoms with E-state index in [0.29, 0.717) is 18.7 Å². The van der Waals surface area contributed by atoms with Crippen LogP contribution in [-0.4, -0.2) is 41.4 Å². The van der Waals surface area contributed by atoms with E-state index >= 15 is 0 Å². The Hall–Kier alpha value is -1.34. The number of carboxylic acid groups (broad SMARTS) is 1. The van der Waals surface area contributed by atoms with Gasteiger partial charge in [0.1, 0.15) is 10.6 Å². The largest absolute Gasteiger partial charge is 0.477 e. The van der Waals surface area contributed by atoms with Gasteiger partial charge in [0.2, 0.25) is 10.0 Å². The Kier molecular flexibility index (Phi) is 4.99. The number of H-pyrrole nitrogens is 1. The van der Waals surface area contributed by atoms with Crippen molar-refractivity contribution in [2.24, 2.45) is 0 Å². The lowest BCUT2D eigenvalue weighted by Crippen LogP contribution is -2.38. The number of nitrogens with zero attached hydrogens (tertiary/aromatic N) is 1. The summed E-state index contributed by atoms with van der Waals surface area (Å²) in [6.07, 6.45) is 0.696. The number of nitrogens with one attached hydrogen (secondary N) is 1. The third-order valence-electron chi connectivity index (χ3n) is 3.54. The predicted octanol–water partition coefficient (Wildman–Crippen LogP) is 2.14. The van der Waals surface area contributed by atoms with Gasteiger partial charge in [-0.2, -0.15) is 4.31 Å². The summed E-state index contributed by atoms with van der Waals surface area (Å²) in [5, 5.41) is 9.08. The molecule has 20 heavy (non-hydrogen) atoms. The van der Waals surface area contributed by atoms with Gasteiger partial charge in [0, 0.05) is 23.8 Å². The van der Waals surface area contributed by atoms with Crippen LogP contribution in [0.4, 0.5) is 0 Å². The molecule has 2 N–H and O–H groups in total. The molecule has 1 aromatic rings. The van der Waals surface area contributed by atoms with Crippen LogP contribution in [0, 0.1) is 13.8 Å². The van der Waals surface area contributed by atoms with E-state index in [2.05, 4.69) is 4.98 Å². The summed E-state index contributed by atoms with van der Waals surface area (Å²) in [6, 6.07) is -0.132. The van der Waals surface area contributed by atoms with Crippen LogP contribution in [-0.2, 0) is 10.0 Å². The Bertz CT molecular complexity index is 604. The number of aromatic nitrogens is 1. The topological polar surface area (TPSA) is 90.5 Å². The van der Waals surface area contributed by atoms with E-state index in [4.69, 9.17) is 5.11 Å². The van der Waals surface area contributed by atoms with Crippen LogP contribution in [0.25, 0.3) is 0 Å². The van der Waals surface area contributed by atoms with E-state index in [1.807, 2.05) is 13.8 Å². The van der Waals surface area contributed by atoms with Crippen molar-refractivity contribution in [2.45, 2.75) is 52.0 Å². The minimum absolute atomic E-state index is 0.0683. The van der Waals surface area contributed by atoms with Crippen LogP contribution in [0.15, 0.2) is 4.90 Å². The molecule has 114 valence electrons. The first-order valence-electron chi connectivity index (χ1n) is 6.62. The number of aromatic amines is 1. The number of rotatable bonds is 6. The minimum atomic E-state index is -3.70. The summed E-state index contributed by atoms with van der Waals surface area (Å²) in [5.41, 5.74) is 0.555. The van der Waals surface area contributed by atoms with Gasteiger partial charge in [-0.25, -0.2) is 13.2 Å². The van der Waals surface area contributed by atoms with Gasteiger partial charge in [-0.05, 0) is 27.2 Å². The maximum absolute atomic E-state index is 12.8. The van der Waals surface area contributed by atoms with Crippen molar-refractivity contribution in [1.82, 2.24) is 9.29 Å². The Morgan fingerprint density at radius 2 is 1.90 bits per heavy atom. The Morgan fingerprint density at radius 3 is 2.25 bits per heavy atom. The van der Waals surface area contributed by atoms with Gasteiger partial charge < -0.3 is 10.1 Å². The van der Waals surface area contributed by atoms with Crippen molar-refractivity contribution in [3.05, 3.63) is 17.0 Å². The normalized spacial score (nSPS) is 13.7. The van der Waals surface area contributed by atoms with Crippen LogP contribution < -0.4 is 0 Å². The molecule has 0 saturated carbocycles. The van der Waals surface area contributed by atoms with Crippen molar-refractivity contribution < 1.29 is 18.3 Å². The highest BCUT2D eigenvalue weighted by Gasteiger charge is 2.32. The highest BCUT2D eigenvalue weighted by atomic mass is 32.2. The van der Waals surface area contributed by atoms with Crippen LogP contribution in [0.5, 0.6) is 0 Å². The van der Waals surface area contributed by atoms with Crippen molar-refractivity contribution in [3.63, 3.8) is 0 Å². The van der Waals surface area contributed by atoms with E-state index in [9.17, 15) is 13.2 Å². The van der Waals surface area contributed by atoms with E-state index in [0.717, 1.165) is 0 Å². The molecule has 0 aliphatic rings. The summed E-state index contributed by atoms with van der Waals surface area (Å²) in [6.45, 7) is 8.99. The van der Waals surface area contributed by atoms with Crippen molar-refractivity contribution in [1.29, 1.82) is 0 Å². The lowest BCUT2D eigenvalue weighted by Gasteiger charge is -2.26. The second kappa shape index (κ2) is 5.97. The summed E-state index contributed by atoms with van der Waals surface area (Å²) < 4.78 is 26.9. The molecule has 1 aromatic heterocycles. The van der Waals surface area contributed by atoms with E-state index in [1.165, 1.54) is 11.2 Å². The smallest absolute Gasteiger partial charge is 0.352 e. The van der Waals surface area contributed by atoms with Gasteiger partial charge in [0.05, 0.1) is 0 Å². The van der Waals surface area contributed by atoms with Crippen LogP contribution in [0.1, 0.15) is 48.9 Å². The average Bonchev–Trinajstić information content (AvgIpc) is 2.65. The van der Waals surface area contributed by atoms with Crippen molar-refractivity contribution >= 4 is 16.0 Å². The summed E-state index contributed by atoms with van der Waals surface area (Å²) >= 11 is 0. The predicted molar refractivity (Wildman–Crippen MR) is 76.5 cm³/mol. The third kappa shape index (κ3) is 2.73. The van der Waals surface area contributed by atoms with Gasteiger partial charge in [-0.3, -0.25) is 0 Å². The van der Waals surface area contributed by atoms with E-state index < -0.39 is 16.0 Å². The molecule has 0 saturated heterocycles. The molecule has 1 heterocycles. The molecule has 0 fully saturated rings. The number of hydrogen-bond acceptors (Lipinski definition) is 3. The molecule has 0 radical (unpaired) electrons. The van der Waals surface area contributed by atoms with Crippen LogP contribution in [0.2, 0.25) is 0 Å². The molecule has 0 spiro atoms. The molecule has 1 atom stereocenters. The zero-order valence-electron chi connectivity index (χ0n) is 12.5. The fraction of sp³-hybridized carbons (Fsp3) is 0.615. The molecule has 0 aromatic carbocycles. The molecule has 1 unspecified atom stereocenters. The minimum Gasteiger partial charge on any atom is -0.477 e. The summed E-state index contributed by atoms with van der Waals surface area (Å²) in [7, 11) is -3.70. The molecular weight excluding hydrogens is 280 g/mol. The van der Waals surface area contributed by atoms with Crippen molar-refractivity contribution in [3.8, 4) is 0 Å². The maximum atomic E-state index is 12.8. The standard InChI is InChI=1S/C13H22N2O4S/c1-6-8(3)15(7-2)20(18,19)12-9(4)11(13(16)17)14-10(12)5/h8,14H,6-7H2,1-5H3,(H,16,17). The highest BCUT2D eigenvalue weighted by Crippen LogP contribution is 2.28. The zero-order valence-corrected chi connectivity index (χ0v) is 13.3. The summed E-state index contributed by atoms with van der Waals surface area (Å²) in [5.74, 6) is -1.15. The number of carbonyl (C=O) groups is 1. The molecule has 7 heteroatoms. The Morgan fingerprint density at radius 1 is 1.35 bits per heavy atom. The van der Waals surface area contributed by atoms with Gasteiger partial charge in [-0.1, -0.05) is 13.8 Å². The average molecular weight is 302 g/mol. The fourth-order valence-electron chi connectivity index (χ4n) is 2.37. The molecular formula is C13H22N2O4S. The molecule has 0 bridgehead atoms. The lowest BCUT2D eigenvalue weighted by molar-refractivity contribution is 0.0690. The van der Waals surface area contributed by atoms with Gasteiger partial charge in [0.15, 0.2) is 0 Å². The van der Waals surface area contributed by atoms with E-state index in [-0.39, 0.29) is 22.2 Å². The molecule has 0 aliphatic heterocycles. The number of aryl methyl sites for hydroxylation is 1. The first kappa shape index (κ1) is 16.7. The van der Waals surface area contributed by atoms with Crippen LogP contribution in [0.3, 0.4) is 0 Å². The number of sulfonamides is 1. The fourth-order valence-corrected chi connectivity index (χ4v) is 4.50. The highest BCUT2D eigenvalue weighted by molar-refractivity contribution is 7.89. The SMILES string of the molecule is CCC(C)N(CC)S(=O)(=O)c1c(C)[nH]c(C(=O)O)c1C. The first-order valence-corrected chi connectivity index (χ1v) is 8.06. The number of carboxylic acids is 1. The molecule has 0 aliphatic carbocycles. The van der Waals surface area contributed by atoms with E-state index in [1.54, 1.807) is 13.8 Å². The second-order valence-electron chi connectivity index (χ2n) is 4.85.